The Morgan fingerprint density at radius 1 is 1.47 bits per heavy atom. The van der Waals surface area contributed by atoms with Crippen molar-refractivity contribution < 1.29 is 27.6 Å². The highest BCUT2D eigenvalue weighted by atomic mass is 32.1. The number of carbonyl (C=O) groups excluding carboxylic acids is 2. The molecule has 6 nitrogen and oxygen atoms in total. The first kappa shape index (κ1) is 13.2. The van der Waals surface area contributed by atoms with Crippen molar-refractivity contribution in [3.05, 3.63) is 11.1 Å². The molecule has 0 spiro atoms. The molecule has 0 aliphatic heterocycles. The number of thiazole rings is 1. The van der Waals surface area contributed by atoms with Crippen molar-refractivity contribution in [2.75, 3.05) is 5.32 Å². The van der Waals surface area contributed by atoms with E-state index in [1.807, 2.05) is 0 Å². The molecule has 0 bridgehead atoms. The Morgan fingerprint density at radius 2 is 2.12 bits per heavy atom. The van der Waals surface area contributed by atoms with Crippen molar-refractivity contribution in [2.45, 2.75) is 13.1 Å². The molecular formula is C7H6F3N3O3S. The third-order valence-corrected chi connectivity index (χ3v) is 2.14. The van der Waals surface area contributed by atoms with Crippen LogP contribution in [-0.4, -0.2) is 23.2 Å². The van der Waals surface area contributed by atoms with Gasteiger partial charge in [0.25, 0.3) is 0 Å². The lowest BCUT2D eigenvalue weighted by atomic mass is 10.7. The highest BCUT2D eigenvalue weighted by Gasteiger charge is 2.42. The van der Waals surface area contributed by atoms with E-state index in [2.05, 4.69) is 15.1 Å². The predicted molar refractivity (Wildman–Crippen MR) is 51.2 cm³/mol. The van der Waals surface area contributed by atoms with Crippen LogP contribution in [0.4, 0.5) is 23.1 Å². The van der Waals surface area contributed by atoms with Crippen LogP contribution in [0.15, 0.2) is 6.20 Å². The van der Waals surface area contributed by atoms with Crippen LogP contribution in [0.5, 0.6) is 0 Å². The SMILES string of the molecule is Cc1cnc(NC(=O)NOC(=O)C(F)(F)F)s1. The van der Waals surface area contributed by atoms with Crippen molar-refractivity contribution in [2.24, 2.45) is 0 Å². The standard InChI is InChI=1S/C7H6F3N3O3S/c1-3-2-11-6(17-3)12-5(15)13-16-4(14)7(8,9)10/h2H,1H3,(H2,11,12,13,15). The Balaban J connectivity index is 2.39. The zero-order valence-corrected chi connectivity index (χ0v) is 9.11. The maximum Gasteiger partial charge on any atom is 0.493 e. The van der Waals surface area contributed by atoms with Crippen molar-refractivity contribution >= 4 is 28.5 Å². The summed E-state index contributed by atoms with van der Waals surface area (Å²) in [6.07, 6.45) is -3.70. The number of alkyl halides is 3. The molecule has 1 aromatic rings. The minimum Gasteiger partial charge on any atom is -0.331 e. The summed E-state index contributed by atoms with van der Waals surface area (Å²) < 4.78 is 35.0. The van der Waals surface area contributed by atoms with Gasteiger partial charge in [-0.15, -0.1) is 11.3 Å². The van der Waals surface area contributed by atoms with E-state index in [4.69, 9.17) is 0 Å². The van der Waals surface area contributed by atoms with Gasteiger partial charge in [0.15, 0.2) is 5.13 Å². The fourth-order valence-corrected chi connectivity index (χ4v) is 1.35. The van der Waals surface area contributed by atoms with Crippen LogP contribution in [0, 0.1) is 6.92 Å². The molecule has 1 rings (SSSR count). The highest BCUT2D eigenvalue weighted by molar-refractivity contribution is 7.15. The van der Waals surface area contributed by atoms with Gasteiger partial charge in [0.2, 0.25) is 0 Å². The van der Waals surface area contributed by atoms with Crippen molar-refractivity contribution in [3.8, 4) is 0 Å². The van der Waals surface area contributed by atoms with E-state index < -0.39 is 18.2 Å². The van der Waals surface area contributed by atoms with E-state index in [-0.39, 0.29) is 5.13 Å². The number of urea groups is 1. The van der Waals surface area contributed by atoms with Crippen molar-refractivity contribution in [1.29, 1.82) is 0 Å². The highest BCUT2D eigenvalue weighted by Crippen LogP contribution is 2.17. The number of hydroxylamine groups is 1. The van der Waals surface area contributed by atoms with Crippen LogP contribution in [0.3, 0.4) is 0 Å². The summed E-state index contributed by atoms with van der Waals surface area (Å²) >= 11 is 1.11. The van der Waals surface area contributed by atoms with Gasteiger partial charge in [-0.05, 0) is 6.92 Å². The molecule has 0 saturated heterocycles. The smallest absolute Gasteiger partial charge is 0.331 e. The van der Waals surface area contributed by atoms with Gasteiger partial charge in [0, 0.05) is 11.1 Å². The topological polar surface area (TPSA) is 80.3 Å². The predicted octanol–water partition coefficient (Wildman–Crippen LogP) is 1.59. The van der Waals surface area contributed by atoms with E-state index in [1.165, 1.54) is 11.7 Å². The number of aromatic nitrogens is 1. The summed E-state index contributed by atoms with van der Waals surface area (Å²) in [5.74, 6) is -2.51. The molecule has 0 fully saturated rings. The summed E-state index contributed by atoms with van der Waals surface area (Å²) in [4.78, 5) is 29.2. The van der Waals surface area contributed by atoms with Gasteiger partial charge in [0.1, 0.15) is 0 Å². The van der Waals surface area contributed by atoms with Gasteiger partial charge >= 0.3 is 18.2 Å². The Labute approximate surface area is 96.7 Å². The monoisotopic (exact) mass is 269 g/mol. The zero-order chi connectivity index (χ0) is 13.1. The lowest BCUT2D eigenvalue weighted by Gasteiger charge is -2.07. The van der Waals surface area contributed by atoms with Crippen LogP contribution in [-0.2, 0) is 9.63 Å². The number of halogens is 3. The quantitative estimate of drug-likeness (QED) is 0.759. The maximum atomic E-state index is 11.7. The number of hydrogen-bond donors (Lipinski definition) is 2. The number of nitrogens with one attached hydrogen (secondary N) is 2. The number of rotatable bonds is 1. The van der Waals surface area contributed by atoms with Gasteiger partial charge < -0.3 is 4.84 Å². The summed E-state index contributed by atoms with van der Waals surface area (Å²) in [5.41, 5.74) is 1.29. The number of anilines is 1. The minimum absolute atomic E-state index is 0.169. The number of nitrogens with zero attached hydrogens (tertiary/aromatic N) is 1. The van der Waals surface area contributed by atoms with Crippen LogP contribution in [0.1, 0.15) is 4.88 Å². The fraction of sp³-hybridized carbons (Fsp3) is 0.286. The zero-order valence-electron chi connectivity index (χ0n) is 8.29. The Bertz CT molecular complexity index is 431. The Morgan fingerprint density at radius 3 is 2.59 bits per heavy atom. The van der Waals surface area contributed by atoms with Gasteiger partial charge in [-0.3, -0.25) is 5.32 Å². The van der Waals surface area contributed by atoms with Crippen LogP contribution in [0.2, 0.25) is 0 Å². The summed E-state index contributed by atoms with van der Waals surface area (Å²) in [5, 5.41) is 2.25. The molecule has 0 atom stereocenters. The third kappa shape index (κ3) is 4.26. The third-order valence-electron chi connectivity index (χ3n) is 1.31. The maximum absolute atomic E-state index is 11.7. The molecule has 0 aliphatic rings. The second-order valence-corrected chi connectivity index (χ2v) is 3.95. The summed E-state index contributed by atoms with van der Waals surface area (Å²) in [7, 11) is 0. The molecule has 1 aromatic heterocycles. The first-order valence-corrected chi connectivity index (χ1v) is 4.88. The first-order valence-electron chi connectivity index (χ1n) is 4.06. The lowest BCUT2D eigenvalue weighted by Crippen LogP contribution is -2.36. The Hall–Kier alpha value is -1.84. The molecule has 0 radical (unpaired) electrons. The first-order chi connectivity index (χ1) is 7.79. The molecular weight excluding hydrogens is 263 g/mol. The van der Waals surface area contributed by atoms with E-state index >= 15 is 0 Å². The Kier molecular flexibility index (Phi) is 3.89. The molecule has 0 saturated carbocycles. The summed E-state index contributed by atoms with van der Waals surface area (Å²) in [6, 6.07) is -1.13. The van der Waals surface area contributed by atoms with Gasteiger partial charge in [0.05, 0.1) is 0 Å². The molecule has 17 heavy (non-hydrogen) atoms. The average molecular weight is 269 g/mol. The second kappa shape index (κ2) is 4.99. The van der Waals surface area contributed by atoms with Gasteiger partial charge in [-0.25, -0.2) is 14.6 Å². The fourth-order valence-electron chi connectivity index (χ4n) is 0.686. The molecule has 0 unspecified atom stereocenters. The van der Waals surface area contributed by atoms with Gasteiger partial charge in [-0.1, -0.05) is 0 Å². The normalized spacial score (nSPS) is 10.8. The number of hydrogen-bond acceptors (Lipinski definition) is 5. The molecule has 0 aliphatic carbocycles. The summed E-state index contributed by atoms with van der Waals surface area (Å²) in [6.45, 7) is 1.73. The van der Waals surface area contributed by atoms with E-state index in [0.717, 1.165) is 16.2 Å². The van der Waals surface area contributed by atoms with Gasteiger partial charge in [-0.2, -0.15) is 18.7 Å². The van der Waals surface area contributed by atoms with Crippen LogP contribution in [0.25, 0.3) is 0 Å². The molecule has 10 heteroatoms. The molecule has 2 N–H and O–H groups in total. The minimum atomic E-state index is -5.16. The molecule has 0 aromatic carbocycles. The van der Waals surface area contributed by atoms with Crippen LogP contribution >= 0.6 is 11.3 Å². The van der Waals surface area contributed by atoms with E-state index in [9.17, 15) is 22.8 Å². The van der Waals surface area contributed by atoms with Crippen molar-refractivity contribution in [3.63, 3.8) is 0 Å². The number of carbonyl (C=O) groups is 2. The number of amides is 2. The van der Waals surface area contributed by atoms with Crippen molar-refractivity contribution in [1.82, 2.24) is 10.5 Å². The lowest BCUT2D eigenvalue weighted by molar-refractivity contribution is -0.204. The van der Waals surface area contributed by atoms with E-state index in [1.54, 1.807) is 6.92 Å². The average Bonchev–Trinajstić information content (AvgIpc) is 2.58. The largest absolute Gasteiger partial charge is 0.493 e. The molecule has 1 heterocycles. The van der Waals surface area contributed by atoms with Crippen LogP contribution < -0.4 is 10.8 Å². The number of aryl methyl sites for hydroxylation is 1. The van der Waals surface area contributed by atoms with E-state index in [0.29, 0.717) is 0 Å². The molecule has 94 valence electrons. The molecule has 2 amide bonds. The second-order valence-electron chi connectivity index (χ2n) is 2.72.